The molecule has 1 aliphatic heterocycles. The molecule has 5 nitrogen and oxygen atoms in total. The minimum atomic E-state index is -0.381. The highest BCUT2D eigenvalue weighted by atomic mass is 19.1. The van der Waals surface area contributed by atoms with Gasteiger partial charge in [0.25, 0.3) is 5.91 Å². The summed E-state index contributed by atoms with van der Waals surface area (Å²) in [5, 5.41) is 12.0. The Morgan fingerprint density at radius 1 is 1.29 bits per heavy atom. The second-order valence-electron chi connectivity index (χ2n) is 6.39. The highest BCUT2D eigenvalue weighted by Gasteiger charge is 2.28. The van der Waals surface area contributed by atoms with Crippen molar-refractivity contribution in [1.29, 1.82) is 0 Å². The maximum absolute atomic E-state index is 12.8. The van der Waals surface area contributed by atoms with E-state index in [9.17, 15) is 19.1 Å². The van der Waals surface area contributed by atoms with Crippen molar-refractivity contribution in [1.82, 2.24) is 10.2 Å². The van der Waals surface area contributed by atoms with Crippen LogP contribution in [0.25, 0.3) is 0 Å². The van der Waals surface area contributed by atoms with E-state index in [1.54, 1.807) is 0 Å². The number of aliphatic hydroxyl groups excluding tert-OH is 1. The van der Waals surface area contributed by atoms with Crippen LogP contribution in [0.5, 0.6) is 0 Å². The van der Waals surface area contributed by atoms with Crippen LogP contribution < -0.4 is 5.32 Å². The molecule has 24 heavy (non-hydrogen) atoms. The fourth-order valence-electron chi connectivity index (χ4n) is 2.97. The van der Waals surface area contributed by atoms with Crippen LogP contribution in [0.2, 0.25) is 0 Å². The van der Waals surface area contributed by atoms with Crippen LogP contribution >= 0.6 is 0 Å². The van der Waals surface area contributed by atoms with Gasteiger partial charge in [-0.25, -0.2) is 4.39 Å². The molecule has 2 amide bonds. The number of piperidine rings is 1. The Balaban J connectivity index is 1.72. The Kier molecular flexibility index (Phi) is 6.73. The quantitative estimate of drug-likeness (QED) is 0.780. The van der Waals surface area contributed by atoms with Crippen molar-refractivity contribution in [2.45, 2.75) is 38.6 Å². The summed E-state index contributed by atoms with van der Waals surface area (Å²) in [4.78, 5) is 26.0. The summed E-state index contributed by atoms with van der Waals surface area (Å²) < 4.78 is 12.8. The van der Waals surface area contributed by atoms with Crippen molar-refractivity contribution in [3.8, 4) is 0 Å². The molecule has 1 fully saturated rings. The number of nitrogens with zero attached hydrogens (tertiary/aromatic N) is 1. The van der Waals surface area contributed by atoms with Crippen LogP contribution in [-0.4, -0.2) is 47.6 Å². The third-order valence-electron chi connectivity index (χ3n) is 4.52. The Labute approximate surface area is 141 Å². The van der Waals surface area contributed by atoms with E-state index in [4.69, 9.17) is 0 Å². The number of amides is 2. The lowest BCUT2D eigenvalue weighted by Crippen LogP contribution is -2.46. The van der Waals surface area contributed by atoms with Gasteiger partial charge in [0, 0.05) is 37.7 Å². The molecule has 1 saturated heterocycles. The van der Waals surface area contributed by atoms with Crippen molar-refractivity contribution in [3.05, 3.63) is 35.6 Å². The Bertz CT molecular complexity index is 562. The molecule has 1 aromatic carbocycles. The summed E-state index contributed by atoms with van der Waals surface area (Å²) in [6.07, 6.45) is 2.79. The number of rotatable bonds is 6. The second-order valence-corrected chi connectivity index (χ2v) is 6.39. The number of nitrogens with one attached hydrogen (secondary N) is 1. The fourth-order valence-corrected chi connectivity index (χ4v) is 2.97. The van der Waals surface area contributed by atoms with E-state index in [0.717, 1.165) is 12.8 Å². The van der Waals surface area contributed by atoms with Gasteiger partial charge in [-0.2, -0.15) is 0 Å². The second kappa shape index (κ2) is 8.78. The van der Waals surface area contributed by atoms with Gasteiger partial charge in [-0.1, -0.05) is 0 Å². The highest BCUT2D eigenvalue weighted by molar-refractivity contribution is 5.94. The lowest BCUT2D eigenvalue weighted by Gasteiger charge is -2.37. The normalized spacial score (nSPS) is 20.7. The van der Waals surface area contributed by atoms with Crippen LogP contribution in [0, 0.1) is 11.7 Å². The highest BCUT2D eigenvalue weighted by Crippen LogP contribution is 2.22. The number of likely N-dealkylation sites (tertiary alicyclic amines) is 1. The molecule has 1 aromatic rings. The summed E-state index contributed by atoms with van der Waals surface area (Å²) in [6, 6.07) is 5.55. The number of benzene rings is 1. The predicted octanol–water partition coefficient (Wildman–Crippen LogP) is 1.96. The first-order chi connectivity index (χ1) is 11.5. The first-order valence-electron chi connectivity index (χ1n) is 8.45. The van der Waals surface area contributed by atoms with Crippen LogP contribution in [-0.2, 0) is 4.79 Å². The molecule has 2 unspecified atom stereocenters. The Morgan fingerprint density at radius 2 is 2.00 bits per heavy atom. The SMILES string of the molecule is CC1CCC(CO)CN1C(=O)CCCNC(=O)c1ccc(F)cc1. The van der Waals surface area contributed by atoms with E-state index < -0.39 is 0 Å². The van der Waals surface area contributed by atoms with Crippen LogP contribution in [0.15, 0.2) is 24.3 Å². The molecule has 2 rings (SSSR count). The summed E-state index contributed by atoms with van der Waals surface area (Å²) in [7, 11) is 0. The molecule has 0 aromatic heterocycles. The predicted molar refractivity (Wildman–Crippen MR) is 89.0 cm³/mol. The minimum Gasteiger partial charge on any atom is -0.396 e. The molecule has 0 bridgehead atoms. The maximum atomic E-state index is 12.8. The minimum absolute atomic E-state index is 0.0664. The standard InChI is InChI=1S/C18H25FN2O3/c1-13-4-5-14(12-22)11-21(13)17(23)3-2-10-20-18(24)15-6-8-16(19)9-7-15/h6-9,13-14,22H,2-5,10-12H2,1H3,(H,20,24). The zero-order chi connectivity index (χ0) is 17.5. The molecule has 6 heteroatoms. The van der Waals surface area contributed by atoms with Crippen molar-refractivity contribution in [2.24, 2.45) is 5.92 Å². The van der Waals surface area contributed by atoms with Gasteiger partial charge < -0.3 is 15.3 Å². The van der Waals surface area contributed by atoms with Crippen LogP contribution in [0.3, 0.4) is 0 Å². The average Bonchev–Trinajstić information content (AvgIpc) is 2.59. The number of hydrogen-bond donors (Lipinski definition) is 2. The zero-order valence-corrected chi connectivity index (χ0v) is 14.0. The topological polar surface area (TPSA) is 69.6 Å². The van der Waals surface area contributed by atoms with E-state index in [2.05, 4.69) is 5.32 Å². The van der Waals surface area contributed by atoms with Crippen LogP contribution in [0.4, 0.5) is 4.39 Å². The number of halogens is 1. The van der Waals surface area contributed by atoms with E-state index in [0.29, 0.717) is 31.5 Å². The maximum Gasteiger partial charge on any atom is 0.251 e. The molecule has 132 valence electrons. The number of carbonyl (C=O) groups is 2. The number of aliphatic hydroxyl groups is 1. The molecular weight excluding hydrogens is 311 g/mol. The van der Waals surface area contributed by atoms with Crippen molar-refractivity contribution < 1.29 is 19.1 Å². The lowest BCUT2D eigenvalue weighted by atomic mass is 9.94. The molecule has 0 saturated carbocycles. The van der Waals surface area contributed by atoms with Gasteiger partial charge in [0.1, 0.15) is 5.82 Å². The van der Waals surface area contributed by atoms with Crippen molar-refractivity contribution in [2.75, 3.05) is 19.7 Å². The summed E-state index contributed by atoms with van der Waals surface area (Å²) in [5.41, 5.74) is 0.401. The van der Waals surface area contributed by atoms with Gasteiger partial charge in [0.05, 0.1) is 0 Å². The van der Waals surface area contributed by atoms with Crippen molar-refractivity contribution in [3.63, 3.8) is 0 Å². The summed E-state index contributed by atoms with van der Waals surface area (Å²) in [5.74, 6) is -0.414. The zero-order valence-electron chi connectivity index (χ0n) is 14.0. The van der Waals surface area contributed by atoms with Gasteiger partial charge in [-0.15, -0.1) is 0 Å². The first kappa shape index (κ1) is 18.4. The molecular formula is C18H25FN2O3. The lowest BCUT2D eigenvalue weighted by molar-refractivity contribution is -0.136. The van der Waals surface area contributed by atoms with E-state index in [1.165, 1.54) is 24.3 Å². The Morgan fingerprint density at radius 3 is 2.67 bits per heavy atom. The van der Waals surface area contributed by atoms with Gasteiger partial charge in [-0.3, -0.25) is 9.59 Å². The molecule has 2 atom stereocenters. The average molecular weight is 336 g/mol. The molecule has 2 N–H and O–H groups in total. The van der Waals surface area contributed by atoms with E-state index in [1.807, 2.05) is 11.8 Å². The van der Waals surface area contributed by atoms with E-state index in [-0.39, 0.29) is 36.2 Å². The molecule has 0 spiro atoms. The Hall–Kier alpha value is -1.95. The summed E-state index contributed by atoms with van der Waals surface area (Å²) >= 11 is 0. The summed E-state index contributed by atoms with van der Waals surface area (Å²) in [6.45, 7) is 3.15. The van der Waals surface area contributed by atoms with Crippen molar-refractivity contribution >= 4 is 11.8 Å². The molecule has 0 radical (unpaired) electrons. The van der Waals surface area contributed by atoms with Crippen LogP contribution in [0.1, 0.15) is 43.0 Å². The van der Waals surface area contributed by atoms with Gasteiger partial charge >= 0.3 is 0 Å². The molecule has 0 aliphatic carbocycles. The number of carbonyl (C=O) groups excluding carboxylic acids is 2. The van der Waals surface area contributed by atoms with Gasteiger partial charge in [-0.05, 0) is 56.4 Å². The first-order valence-corrected chi connectivity index (χ1v) is 8.45. The monoisotopic (exact) mass is 336 g/mol. The van der Waals surface area contributed by atoms with E-state index >= 15 is 0 Å². The third kappa shape index (κ3) is 5.03. The van der Waals surface area contributed by atoms with Gasteiger partial charge in [0.15, 0.2) is 0 Å². The smallest absolute Gasteiger partial charge is 0.251 e. The van der Waals surface area contributed by atoms with Gasteiger partial charge in [0.2, 0.25) is 5.91 Å². The molecule has 1 aliphatic rings. The number of hydrogen-bond acceptors (Lipinski definition) is 3. The third-order valence-corrected chi connectivity index (χ3v) is 4.52. The largest absolute Gasteiger partial charge is 0.396 e. The fraction of sp³-hybridized carbons (Fsp3) is 0.556. The molecule has 1 heterocycles.